The maximum absolute atomic E-state index is 2.61. The third-order valence-corrected chi connectivity index (χ3v) is 13.8. The molecule has 0 fully saturated rings. The lowest BCUT2D eigenvalue weighted by Crippen LogP contribution is -2.21. The highest BCUT2D eigenvalue weighted by Crippen LogP contribution is 2.58. The van der Waals surface area contributed by atoms with Crippen LogP contribution in [0.5, 0.6) is 0 Å². The summed E-state index contributed by atoms with van der Waals surface area (Å²) in [7, 11) is 0. The fourth-order valence-electron chi connectivity index (χ4n) is 11.1. The van der Waals surface area contributed by atoms with Gasteiger partial charge in [-0.15, -0.1) is 0 Å². The zero-order valence-corrected chi connectivity index (χ0v) is 34.4. The number of anilines is 3. The smallest absolute Gasteiger partial charge is 0.0543 e. The van der Waals surface area contributed by atoms with E-state index in [4.69, 9.17) is 0 Å². The third kappa shape index (κ3) is 4.70. The van der Waals surface area contributed by atoms with E-state index in [1.807, 2.05) is 0 Å². The fourth-order valence-corrected chi connectivity index (χ4v) is 11.1. The Hall–Kier alpha value is -7.16. The highest BCUT2D eigenvalue weighted by molar-refractivity contribution is 6.12. The summed E-state index contributed by atoms with van der Waals surface area (Å²) < 4.78 is 2.45. The minimum absolute atomic E-state index is 0.135. The zero-order valence-electron chi connectivity index (χ0n) is 34.4. The van der Waals surface area contributed by atoms with E-state index in [9.17, 15) is 0 Å². The van der Waals surface area contributed by atoms with Crippen LogP contribution >= 0.6 is 0 Å². The van der Waals surface area contributed by atoms with Crippen molar-refractivity contribution in [3.05, 3.63) is 216 Å². The molecule has 2 heteroatoms. The molecule has 1 aromatic heterocycles. The highest BCUT2D eigenvalue weighted by Gasteiger charge is 2.41. The molecule has 0 bridgehead atoms. The average molecular weight is 769 g/mol. The predicted octanol–water partition coefficient (Wildman–Crippen LogP) is 15.7. The minimum atomic E-state index is -0.215. The first kappa shape index (κ1) is 34.8. The lowest BCUT2D eigenvalue weighted by molar-refractivity contribution is 0.659. The van der Waals surface area contributed by atoms with Crippen molar-refractivity contribution in [2.45, 2.75) is 38.5 Å². The van der Waals surface area contributed by atoms with Crippen LogP contribution in [-0.4, -0.2) is 4.57 Å². The van der Waals surface area contributed by atoms with Crippen LogP contribution in [0.3, 0.4) is 0 Å². The molecular weight excluding hydrogens is 725 g/mol. The van der Waals surface area contributed by atoms with Gasteiger partial charge in [0.2, 0.25) is 0 Å². The molecule has 10 aromatic rings. The highest BCUT2D eigenvalue weighted by atomic mass is 15.2. The van der Waals surface area contributed by atoms with Gasteiger partial charge in [0.15, 0.2) is 0 Å². The predicted molar refractivity (Wildman–Crippen MR) is 254 cm³/mol. The summed E-state index contributed by atoms with van der Waals surface area (Å²) in [5, 5.41) is 4.96. The lowest BCUT2D eigenvalue weighted by Gasteiger charge is -2.34. The summed E-state index contributed by atoms with van der Waals surface area (Å²) in [4.78, 5) is 2.61. The lowest BCUT2D eigenvalue weighted by atomic mass is 9.81. The van der Waals surface area contributed by atoms with E-state index in [0.717, 1.165) is 0 Å². The largest absolute Gasteiger partial charge is 0.309 e. The molecule has 0 amide bonds. The van der Waals surface area contributed by atoms with Gasteiger partial charge in [0, 0.05) is 38.1 Å². The quantitative estimate of drug-likeness (QED) is 0.169. The van der Waals surface area contributed by atoms with Crippen molar-refractivity contribution in [3.8, 4) is 39.1 Å². The maximum Gasteiger partial charge on any atom is 0.0543 e. The summed E-state index contributed by atoms with van der Waals surface area (Å²) in [6, 6.07) is 72.3. The third-order valence-electron chi connectivity index (χ3n) is 13.8. The van der Waals surface area contributed by atoms with Crippen LogP contribution < -0.4 is 4.90 Å². The number of para-hydroxylation sites is 3. The molecule has 0 aliphatic heterocycles. The number of benzene rings is 9. The van der Waals surface area contributed by atoms with E-state index < -0.39 is 0 Å². The van der Waals surface area contributed by atoms with E-state index in [-0.39, 0.29) is 10.8 Å². The van der Waals surface area contributed by atoms with E-state index >= 15 is 0 Å². The molecular formula is C58H44N2. The number of nitrogens with zero attached hydrogens (tertiary/aromatic N) is 2. The molecule has 2 nitrogen and oxygen atoms in total. The van der Waals surface area contributed by atoms with Crippen LogP contribution in [0.4, 0.5) is 17.1 Å². The Kier molecular flexibility index (Phi) is 7.36. The van der Waals surface area contributed by atoms with Gasteiger partial charge in [0.05, 0.1) is 33.8 Å². The van der Waals surface area contributed by atoms with Gasteiger partial charge in [-0.05, 0) is 86.3 Å². The molecule has 0 unspecified atom stereocenters. The molecule has 12 rings (SSSR count). The number of fused-ring (bicyclic) bond motifs is 10. The molecule has 0 spiro atoms. The second kappa shape index (κ2) is 12.7. The first-order chi connectivity index (χ1) is 29.3. The SMILES string of the molecule is CC1(C)c2ccccc2-c2c(N(c3cccc4c3C(C)(C)c3ccccc3-4)c3ccc(-c4ccccc4-n4c5ccccc5c5ccccc54)c4ccccc34)cccc21. The maximum atomic E-state index is 2.61. The Labute approximate surface area is 351 Å². The zero-order chi connectivity index (χ0) is 40.3. The first-order valence-corrected chi connectivity index (χ1v) is 21.2. The molecule has 286 valence electrons. The Morgan fingerprint density at radius 2 is 0.850 bits per heavy atom. The standard InChI is InChI=1S/C58H44N2/c1-57(2)47-28-13-8-25-45(47)55-48(57)29-18-33-53(55)60(54-34-17-26-44-39-20-7-12-27-46(39)58(3,4)56(44)54)52-36-35-38(37-19-5-6-21-40(37)52)41-22-9-14-30-49(41)59-50-31-15-10-23-42(50)43-24-11-16-32-51(43)59/h5-36H,1-4H3. The van der Waals surface area contributed by atoms with Crippen molar-refractivity contribution in [1.29, 1.82) is 0 Å². The second-order valence-corrected chi connectivity index (χ2v) is 17.6. The van der Waals surface area contributed by atoms with Crippen LogP contribution in [0, 0.1) is 0 Å². The van der Waals surface area contributed by atoms with E-state index in [2.05, 4.69) is 231 Å². The summed E-state index contributed by atoms with van der Waals surface area (Å²) in [5.74, 6) is 0. The summed E-state index contributed by atoms with van der Waals surface area (Å²) in [6.45, 7) is 9.56. The van der Waals surface area contributed by atoms with Gasteiger partial charge in [-0.1, -0.05) is 185 Å². The van der Waals surface area contributed by atoms with Crippen molar-refractivity contribution < 1.29 is 0 Å². The van der Waals surface area contributed by atoms with E-state index in [0.29, 0.717) is 0 Å². The van der Waals surface area contributed by atoms with E-state index in [1.165, 1.54) is 111 Å². The normalized spacial score (nSPS) is 14.3. The van der Waals surface area contributed by atoms with Crippen LogP contribution in [0.15, 0.2) is 194 Å². The minimum Gasteiger partial charge on any atom is -0.309 e. The van der Waals surface area contributed by atoms with Gasteiger partial charge in [-0.3, -0.25) is 0 Å². The number of hydrogen-bond donors (Lipinski definition) is 0. The van der Waals surface area contributed by atoms with Crippen LogP contribution in [0.25, 0.3) is 71.6 Å². The topological polar surface area (TPSA) is 8.17 Å². The average Bonchev–Trinajstić information content (AvgIpc) is 3.84. The van der Waals surface area contributed by atoms with Crippen molar-refractivity contribution in [2.75, 3.05) is 4.90 Å². The van der Waals surface area contributed by atoms with E-state index in [1.54, 1.807) is 0 Å². The fraction of sp³-hybridized carbons (Fsp3) is 0.103. The summed E-state index contributed by atoms with van der Waals surface area (Å²) in [6.07, 6.45) is 0. The molecule has 0 N–H and O–H groups in total. The van der Waals surface area contributed by atoms with Gasteiger partial charge >= 0.3 is 0 Å². The van der Waals surface area contributed by atoms with Crippen LogP contribution in [0.1, 0.15) is 49.9 Å². The van der Waals surface area contributed by atoms with Crippen molar-refractivity contribution >= 4 is 49.6 Å². The molecule has 1 heterocycles. The van der Waals surface area contributed by atoms with Gasteiger partial charge in [0.1, 0.15) is 0 Å². The second-order valence-electron chi connectivity index (χ2n) is 17.6. The Morgan fingerprint density at radius 1 is 0.333 bits per heavy atom. The van der Waals surface area contributed by atoms with Gasteiger partial charge < -0.3 is 9.47 Å². The monoisotopic (exact) mass is 768 g/mol. The molecule has 0 radical (unpaired) electrons. The van der Waals surface area contributed by atoms with Crippen molar-refractivity contribution in [2.24, 2.45) is 0 Å². The van der Waals surface area contributed by atoms with Crippen LogP contribution in [-0.2, 0) is 10.8 Å². The first-order valence-electron chi connectivity index (χ1n) is 21.2. The molecule has 0 saturated heterocycles. The Bertz CT molecular complexity index is 3340. The molecule has 60 heavy (non-hydrogen) atoms. The summed E-state index contributed by atoms with van der Waals surface area (Å²) >= 11 is 0. The van der Waals surface area contributed by atoms with Gasteiger partial charge in [0.25, 0.3) is 0 Å². The number of rotatable bonds is 5. The van der Waals surface area contributed by atoms with Gasteiger partial charge in [-0.25, -0.2) is 0 Å². The molecule has 0 atom stereocenters. The Morgan fingerprint density at radius 3 is 1.58 bits per heavy atom. The summed E-state index contributed by atoms with van der Waals surface area (Å²) in [5.41, 5.74) is 20.0. The number of hydrogen-bond acceptors (Lipinski definition) is 1. The van der Waals surface area contributed by atoms with Gasteiger partial charge in [-0.2, -0.15) is 0 Å². The van der Waals surface area contributed by atoms with Crippen LogP contribution in [0.2, 0.25) is 0 Å². The molecule has 2 aliphatic rings. The van der Waals surface area contributed by atoms with Crippen molar-refractivity contribution in [1.82, 2.24) is 4.57 Å². The molecule has 2 aliphatic carbocycles. The Balaban J connectivity index is 1.15. The molecule has 0 saturated carbocycles. The molecule has 9 aromatic carbocycles. The number of aromatic nitrogens is 1. The van der Waals surface area contributed by atoms with Crippen molar-refractivity contribution in [3.63, 3.8) is 0 Å².